The molecule has 1 aromatic rings. The van der Waals surface area contributed by atoms with Crippen molar-refractivity contribution in [2.75, 3.05) is 51.2 Å². The van der Waals surface area contributed by atoms with Gasteiger partial charge in [-0.05, 0) is 26.8 Å². The summed E-state index contributed by atoms with van der Waals surface area (Å²) in [6.07, 6.45) is 5.44. The van der Waals surface area contributed by atoms with Gasteiger partial charge in [0, 0.05) is 64.2 Å². The van der Waals surface area contributed by atoms with E-state index in [0.717, 1.165) is 63.3 Å². The Labute approximate surface area is 214 Å². The summed E-state index contributed by atoms with van der Waals surface area (Å²) in [5, 5.41) is 9.02. The molecule has 4 heterocycles. The number of nitrogens with zero attached hydrogens (tertiary/aromatic N) is 6. The van der Waals surface area contributed by atoms with Crippen molar-refractivity contribution < 1.29 is 14.7 Å². The number of hydrogen-bond donors (Lipinski definition) is 1. The van der Waals surface area contributed by atoms with Crippen LogP contribution in [0.1, 0.15) is 37.6 Å². The summed E-state index contributed by atoms with van der Waals surface area (Å²) in [5.74, 6) is -0.0955. The molecule has 0 spiro atoms. The average Bonchev–Trinajstić information content (AvgIpc) is 3.01. The molecule has 1 atom stereocenters. The maximum Gasteiger partial charge on any atom is 0.326 e. The number of anilines is 1. The van der Waals surface area contributed by atoms with Crippen LogP contribution in [0.5, 0.6) is 0 Å². The number of likely N-dealkylation sites (N-methyl/N-ethyl adjacent to an activating group) is 1. The van der Waals surface area contributed by atoms with E-state index in [9.17, 15) is 9.59 Å². The fourth-order valence-corrected chi connectivity index (χ4v) is 4.81. The van der Waals surface area contributed by atoms with Crippen LogP contribution in [-0.4, -0.2) is 100 Å². The number of carboxylic acids is 1. The lowest BCUT2D eigenvalue weighted by Gasteiger charge is -2.38. The van der Waals surface area contributed by atoms with Crippen molar-refractivity contribution in [2.45, 2.75) is 51.1 Å². The van der Waals surface area contributed by atoms with Crippen LogP contribution >= 0.6 is 37.2 Å². The Morgan fingerprint density at radius 3 is 2.33 bits per heavy atom. The molecule has 4 rings (SSSR count). The van der Waals surface area contributed by atoms with Crippen molar-refractivity contribution in [3.05, 3.63) is 17.6 Å². The number of aromatic nitrogens is 2. The predicted octanol–water partition coefficient (Wildman–Crippen LogP) is 2.34. The van der Waals surface area contributed by atoms with Crippen molar-refractivity contribution in [1.82, 2.24) is 24.7 Å². The second-order valence-electron chi connectivity index (χ2n) is 8.77. The Hall–Kier alpha value is -1.39. The van der Waals surface area contributed by atoms with Gasteiger partial charge in [0.2, 0.25) is 0 Å². The van der Waals surface area contributed by atoms with Crippen molar-refractivity contribution in [3.63, 3.8) is 0 Å². The van der Waals surface area contributed by atoms with Gasteiger partial charge in [-0.25, -0.2) is 9.78 Å². The number of carboxylic acid groups (broad SMARTS) is 1. The van der Waals surface area contributed by atoms with Crippen LogP contribution in [-0.2, 0) is 17.6 Å². The Kier molecular flexibility index (Phi) is 11.6. The van der Waals surface area contributed by atoms with E-state index in [0.29, 0.717) is 18.9 Å². The van der Waals surface area contributed by atoms with Gasteiger partial charge in [0.15, 0.2) is 5.82 Å². The lowest BCUT2D eigenvalue weighted by atomic mass is 10.0. The number of rotatable bonds is 5. The zero-order chi connectivity index (χ0) is 21.3. The molecule has 0 aliphatic carbocycles. The third kappa shape index (κ3) is 6.82. The zero-order valence-corrected chi connectivity index (χ0v) is 21.6. The monoisotopic (exact) mass is 524 g/mol. The first-order chi connectivity index (χ1) is 14.4. The minimum absolute atomic E-state index is 0. The van der Waals surface area contributed by atoms with Gasteiger partial charge in [0.1, 0.15) is 0 Å². The third-order valence-electron chi connectivity index (χ3n) is 6.73. The first kappa shape index (κ1) is 29.6. The molecule has 12 heteroatoms. The maximum absolute atomic E-state index is 13.1. The Bertz CT molecular complexity index is 809. The molecular formula is C21H35Cl3N6O3. The molecule has 1 N–H and O–H groups in total. The summed E-state index contributed by atoms with van der Waals surface area (Å²) in [5.41, 5.74) is 2.07. The van der Waals surface area contributed by atoms with E-state index in [1.807, 2.05) is 11.8 Å². The molecule has 188 valence electrons. The number of halogens is 3. The highest BCUT2D eigenvalue weighted by molar-refractivity contribution is 5.93. The molecule has 9 nitrogen and oxygen atoms in total. The molecule has 1 aromatic heterocycles. The van der Waals surface area contributed by atoms with Crippen LogP contribution < -0.4 is 4.90 Å². The minimum atomic E-state index is -0.761. The Morgan fingerprint density at radius 1 is 1.06 bits per heavy atom. The van der Waals surface area contributed by atoms with Crippen LogP contribution in [0.4, 0.5) is 10.6 Å². The molecule has 0 aromatic carbocycles. The molecule has 0 bridgehead atoms. The normalized spacial score (nSPS) is 20.7. The zero-order valence-electron chi connectivity index (χ0n) is 19.2. The summed E-state index contributed by atoms with van der Waals surface area (Å²) in [4.78, 5) is 41.8. The number of aliphatic carboxylic acids is 1. The number of amides is 2. The number of piperidine rings is 1. The number of urea groups is 1. The highest BCUT2D eigenvalue weighted by atomic mass is 35.5. The average molecular weight is 526 g/mol. The van der Waals surface area contributed by atoms with Crippen molar-refractivity contribution in [1.29, 1.82) is 0 Å². The fraction of sp³-hybridized carbons (Fsp3) is 0.714. The molecule has 2 amide bonds. The summed E-state index contributed by atoms with van der Waals surface area (Å²) in [7, 11) is 2.11. The fourth-order valence-electron chi connectivity index (χ4n) is 4.81. The molecule has 1 unspecified atom stereocenters. The van der Waals surface area contributed by atoms with Gasteiger partial charge < -0.3 is 14.9 Å². The topological polar surface area (TPSA) is 93.1 Å². The SMILES string of the molecule is CC(CC(=O)O)N1CCC(N2CCN(c3cnc4c(n3)CCN(C)CC4)C2=O)CC1.Cl.Cl.Cl. The first-order valence-electron chi connectivity index (χ1n) is 11.0. The highest BCUT2D eigenvalue weighted by Crippen LogP contribution is 2.26. The minimum Gasteiger partial charge on any atom is -0.481 e. The summed E-state index contributed by atoms with van der Waals surface area (Å²) >= 11 is 0. The predicted molar refractivity (Wildman–Crippen MR) is 134 cm³/mol. The van der Waals surface area contributed by atoms with Gasteiger partial charge in [-0.2, -0.15) is 0 Å². The quantitative estimate of drug-likeness (QED) is 0.631. The van der Waals surface area contributed by atoms with E-state index in [4.69, 9.17) is 10.1 Å². The molecule has 3 aliphatic rings. The largest absolute Gasteiger partial charge is 0.481 e. The molecule has 2 saturated heterocycles. The van der Waals surface area contributed by atoms with E-state index in [-0.39, 0.29) is 61.8 Å². The number of likely N-dealkylation sites (tertiary alicyclic amines) is 1. The van der Waals surface area contributed by atoms with E-state index < -0.39 is 5.97 Å². The maximum atomic E-state index is 13.1. The van der Waals surface area contributed by atoms with Gasteiger partial charge in [-0.1, -0.05) is 0 Å². The highest BCUT2D eigenvalue weighted by Gasteiger charge is 2.37. The van der Waals surface area contributed by atoms with Crippen LogP contribution in [0, 0.1) is 0 Å². The molecular weight excluding hydrogens is 491 g/mol. The second-order valence-corrected chi connectivity index (χ2v) is 8.77. The van der Waals surface area contributed by atoms with E-state index >= 15 is 0 Å². The molecule has 0 saturated carbocycles. The van der Waals surface area contributed by atoms with E-state index in [1.165, 1.54) is 0 Å². The van der Waals surface area contributed by atoms with Gasteiger partial charge in [0.25, 0.3) is 0 Å². The van der Waals surface area contributed by atoms with Crippen LogP contribution in [0.25, 0.3) is 0 Å². The second kappa shape index (κ2) is 12.9. The van der Waals surface area contributed by atoms with E-state index in [2.05, 4.69) is 21.8 Å². The first-order valence-corrected chi connectivity index (χ1v) is 11.0. The van der Waals surface area contributed by atoms with Gasteiger partial charge in [-0.3, -0.25) is 19.6 Å². The Morgan fingerprint density at radius 2 is 1.70 bits per heavy atom. The van der Waals surface area contributed by atoms with Gasteiger partial charge in [-0.15, -0.1) is 37.2 Å². The lowest BCUT2D eigenvalue weighted by Crippen LogP contribution is -2.49. The number of carbonyl (C=O) groups excluding carboxylic acids is 1. The molecule has 33 heavy (non-hydrogen) atoms. The summed E-state index contributed by atoms with van der Waals surface area (Å²) in [6, 6.07) is 0.258. The third-order valence-corrected chi connectivity index (χ3v) is 6.73. The van der Waals surface area contributed by atoms with Gasteiger partial charge in [0.05, 0.1) is 24.0 Å². The van der Waals surface area contributed by atoms with Crippen LogP contribution in [0.3, 0.4) is 0 Å². The van der Waals surface area contributed by atoms with Crippen molar-refractivity contribution in [3.8, 4) is 0 Å². The van der Waals surface area contributed by atoms with E-state index in [1.54, 1.807) is 11.1 Å². The van der Waals surface area contributed by atoms with Crippen molar-refractivity contribution in [2.24, 2.45) is 0 Å². The Balaban J connectivity index is 0.00000181. The molecule has 3 aliphatic heterocycles. The number of fused-ring (bicyclic) bond motifs is 1. The standard InChI is InChI=1S/C21H32N6O3.3ClH/c1-15(13-20(28)29)25-9-3-16(4-10-25)26-11-12-27(21(26)30)19-14-22-17-5-7-24(2)8-6-18(17)23-19;;;/h14-16H,3-13H2,1-2H3,(H,28,29);3*1H. The summed E-state index contributed by atoms with van der Waals surface area (Å²) < 4.78 is 0. The molecule has 0 radical (unpaired) electrons. The molecule has 2 fully saturated rings. The van der Waals surface area contributed by atoms with Crippen molar-refractivity contribution >= 4 is 55.0 Å². The summed E-state index contributed by atoms with van der Waals surface area (Å²) in [6.45, 7) is 6.92. The van der Waals surface area contributed by atoms with Crippen LogP contribution in [0.2, 0.25) is 0 Å². The lowest BCUT2D eigenvalue weighted by molar-refractivity contribution is -0.138. The number of hydrogen-bond acceptors (Lipinski definition) is 6. The van der Waals surface area contributed by atoms with Crippen LogP contribution in [0.15, 0.2) is 6.20 Å². The smallest absolute Gasteiger partial charge is 0.326 e. The van der Waals surface area contributed by atoms with Gasteiger partial charge >= 0.3 is 12.0 Å². The number of carbonyl (C=O) groups is 2.